The Labute approximate surface area is 233 Å². The average Bonchev–Trinajstić information content (AvgIpc) is 3.70. The summed E-state index contributed by atoms with van der Waals surface area (Å²) in [4.78, 5) is 11.5. The zero-order chi connectivity index (χ0) is 27.5. The quantitative estimate of drug-likeness (QED) is 0.575. The maximum Gasteiger partial charge on any atom is 0.335 e. The molecule has 1 aromatic heterocycles. The summed E-state index contributed by atoms with van der Waals surface area (Å²) in [5.74, 6) is -0.956. The summed E-state index contributed by atoms with van der Waals surface area (Å²) in [6.07, 6.45) is 9.11. The largest absolute Gasteiger partial charge is 0.478 e. The summed E-state index contributed by atoms with van der Waals surface area (Å²) in [6, 6.07) is 6.88. The molecule has 0 radical (unpaired) electrons. The predicted octanol–water partition coefficient (Wildman–Crippen LogP) is 4.17. The van der Waals surface area contributed by atoms with E-state index < -0.39 is 23.5 Å². The number of aliphatic hydroxyl groups is 1. The van der Waals surface area contributed by atoms with E-state index in [1.165, 1.54) is 5.57 Å². The molecule has 0 amide bonds. The van der Waals surface area contributed by atoms with E-state index in [-0.39, 0.29) is 35.9 Å². The van der Waals surface area contributed by atoms with Gasteiger partial charge in [0.25, 0.3) is 0 Å². The summed E-state index contributed by atoms with van der Waals surface area (Å²) in [6.45, 7) is 5.41. The Morgan fingerprint density at radius 3 is 2.80 bits per heavy atom. The first-order chi connectivity index (χ1) is 19.2. The number of aromatic carboxylic acids is 1. The van der Waals surface area contributed by atoms with Gasteiger partial charge in [-0.15, -0.1) is 0 Å². The minimum absolute atomic E-state index is 0.131. The van der Waals surface area contributed by atoms with Crippen molar-refractivity contribution in [3.05, 3.63) is 52.9 Å². The molecule has 8 atom stereocenters. The van der Waals surface area contributed by atoms with Crippen LogP contribution in [-0.2, 0) is 25.4 Å². The van der Waals surface area contributed by atoms with E-state index in [1.54, 1.807) is 22.9 Å². The number of aliphatic hydroxyl groups excluding tert-OH is 1. The van der Waals surface area contributed by atoms with Crippen molar-refractivity contribution in [3.63, 3.8) is 0 Å². The zero-order valence-electron chi connectivity index (χ0n) is 23.0. The molecule has 2 saturated heterocycles. The van der Waals surface area contributed by atoms with E-state index in [9.17, 15) is 15.0 Å². The second-order valence-corrected chi connectivity index (χ2v) is 13.3. The van der Waals surface area contributed by atoms with Crippen LogP contribution in [0, 0.1) is 28.6 Å². The summed E-state index contributed by atoms with van der Waals surface area (Å²) in [5, 5.41) is 26.3. The normalized spacial score (nSPS) is 43.3. The van der Waals surface area contributed by atoms with Crippen LogP contribution in [-0.4, -0.2) is 63.6 Å². The van der Waals surface area contributed by atoms with Crippen LogP contribution >= 0.6 is 0 Å². The molecule has 4 aliphatic carbocycles. The molecular weight excluding hydrogens is 512 g/mol. The Morgan fingerprint density at radius 1 is 1.15 bits per heavy atom. The number of rotatable bonds is 2. The Morgan fingerprint density at radius 2 is 2.00 bits per heavy atom. The number of allylic oxidation sites excluding steroid dienone is 1. The molecule has 3 saturated carbocycles. The number of hydrogen-bond acceptors (Lipinski definition) is 7. The van der Waals surface area contributed by atoms with Crippen LogP contribution in [0.15, 0.2) is 36.0 Å². The van der Waals surface area contributed by atoms with E-state index in [1.807, 2.05) is 12.3 Å². The van der Waals surface area contributed by atoms with Crippen molar-refractivity contribution in [2.45, 2.75) is 69.9 Å². The van der Waals surface area contributed by atoms with E-state index in [0.29, 0.717) is 24.9 Å². The van der Waals surface area contributed by atoms with Crippen molar-refractivity contribution < 1.29 is 34.0 Å². The van der Waals surface area contributed by atoms with Crippen molar-refractivity contribution in [1.29, 1.82) is 0 Å². The highest BCUT2D eigenvalue weighted by Crippen LogP contribution is 2.71. The number of carboxylic acid groups (broad SMARTS) is 1. The first-order valence-corrected chi connectivity index (χ1v) is 14.5. The van der Waals surface area contributed by atoms with E-state index in [4.69, 9.17) is 24.0 Å². The number of fused-ring (bicyclic) bond motifs is 8. The smallest absolute Gasteiger partial charge is 0.335 e. The van der Waals surface area contributed by atoms with Gasteiger partial charge in [-0.3, -0.25) is 0 Å². The van der Waals surface area contributed by atoms with Gasteiger partial charge in [0.2, 0.25) is 5.79 Å². The molecule has 2 aliphatic heterocycles. The van der Waals surface area contributed by atoms with Gasteiger partial charge in [-0.1, -0.05) is 25.5 Å². The predicted molar refractivity (Wildman–Crippen MR) is 142 cm³/mol. The molecule has 2 aromatic rings. The number of ether oxygens (including phenoxy) is 4. The number of aromatic nitrogens is 2. The third kappa shape index (κ3) is 3.05. The molecule has 9 nitrogen and oxygen atoms in total. The Balaban J connectivity index is 1.13. The molecule has 3 heterocycles. The standard InChI is InChI=1S/C31H36N2O7/c1-28-12-19-14-33(21-5-3-4-18(10-21)27(35)36)32-24(19)11-20(28)6-7-22-23-8-9-30(29(23,2)13-25(34)26(22)28)31(40-17-38-30)15-37-16-39-31/h3-5,10-11,14,22-23,25-26,34H,6-9,12-13,15-17H2,1-2H3,(H,35,36)/t22-,23-,25-,26+,28-,29-,30+,31?/m0/s1. The van der Waals surface area contributed by atoms with Crippen molar-refractivity contribution in [3.8, 4) is 5.69 Å². The van der Waals surface area contributed by atoms with Gasteiger partial charge < -0.3 is 29.2 Å². The molecular formula is C31H36N2O7. The van der Waals surface area contributed by atoms with Gasteiger partial charge >= 0.3 is 5.97 Å². The van der Waals surface area contributed by atoms with Crippen LogP contribution in [0.1, 0.15) is 67.6 Å². The van der Waals surface area contributed by atoms with Crippen LogP contribution in [0.4, 0.5) is 0 Å². The van der Waals surface area contributed by atoms with Crippen LogP contribution < -0.4 is 0 Å². The van der Waals surface area contributed by atoms with Gasteiger partial charge in [-0.25, -0.2) is 9.48 Å². The lowest BCUT2D eigenvalue weighted by Gasteiger charge is -2.61. The molecule has 8 rings (SSSR count). The minimum atomic E-state index is -0.954. The van der Waals surface area contributed by atoms with E-state index in [0.717, 1.165) is 49.0 Å². The average molecular weight is 549 g/mol. The molecule has 40 heavy (non-hydrogen) atoms. The summed E-state index contributed by atoms with van der Waals surface area (Å²) in [5.41, 5.74) is 3.34. The fourth-order valence-electron chi connectivity index (χ4n) is 10.1. The molecule has 6 aliphatic rings. The van der Waals surface area contributed by atoms with Gasteiger partial charge in [0.05, 0.1) is 23.0 Å². The van der Waals surface area contributed by atoms with Crippen LogP contribution in [0.5, 0.6) is 0 Å². The Bertz CT molecular complexity index is 1420. The molecule has 9 heteroatoms. The number of carbonyl (C=O) groups is 1. The third-order valence-corrected chi connectivity index (χ3v) is 11.7. The van der Waals surface area contributed by atoms with Crippen molar-refractivity contribution in [2.24, 2.45) is 28.6 Å². The van der Waals surface area contributed by atoms with Gasteiger partial charge in [0.1, 0.15) is 12.2 Å². The van der Waals surface area contributed by atoms with E-state index >= 15 is 0 Å². The summed E-state index contributed by atoms with van der Waals surface area (Å²) in [7, 11) is 0. The first-order valence-electron chi connectivity index (χ1n) is 14.5. The van der Waals surface area contributed by atoms with Crippen LogP contribution in [0.2, 0.25) is 0 Å². The van der Waals surface area contributed by atoms with Gasteiger partial charge in [-0.05, 0) is 91.5 Å². The highest BCUT2D eigenvalue weighted by atomic mass is 16.9. The van der Waals surface area contributed by atoms with Gasteiger partial charge in [0.15, 0.2) is 13.6 Å². The Hall–Kier alpha value is -2.56. The fraction of sp³-hybridized carbons (Fsp3) is 0.613. The summed E-state index contributed by atoms with van der Waals surface area (Å²) >= 11 is 0. The van der Waals surface area contributed by atoms with Crippen LogP contribution in [0.3, 0.4) is 0 Å². The maximum absolute atomic E-state index is 12.0. The lowest BCUT2D eigenvalue weighted by molar-refractivity contribution is -0.257. The van der Waals surface area contributed by atoms with Crippen molar-refractivity contribution in [2.75, 3.05) is 20.2 Å². The molecule has 212 valence electrons. The monoisotopic (exact) mass is 548 g/mol. The van der Waals surface area contributed by atoms with Crippen molar-refractivity contribution in [1.82, 2.24) is 9.78 Å². The molecule has 2 N–H and O–H groups in total. The first kappa shape index (κ1) is 25.2. The SMILES string of the molecule is C[C@]12Cc3cn(-c4cccc(C(=O)O)c4)nc3C=C1CC[C@@H]1[C@@H]2[C@@H](O)C[C@@]2(C)[C@H]1CC[C@@]21OCOC12COCO2. The molecule has 1 unspecified atom stereocenters. The fourth-order valence-corrected chi connectivity index (χ4v) is 10.1. The zero-order valence-corrected chi connectivity index (χ0v) is 23.0. The van der Waals surface area contributed by atoms with Gasteiger partial charge in [0, 0.05) is 11.6 Å². The second kappa shape index (κ2) is 8.26. The van der Waals surface area contributed by atoms with Gasteiger partial charge in [-0.2, -0.15) is 5.10 Å². The summed E-state index contributed by atoms with van der Waals surface area (Å²) < 4.78 is 26.2. The minimum Gasteiger partial charge on any atom is -0.478 e. The topological polar surface area (TPSA) is 112 Å². The highest BCUT2D eigenvalue weighted by Gasteiger charge is 2.76. The lowest BCUT2D eigenvalue weighted by Crippen LogP contribution is -2.66. The molecule has 1 aromatic carbocycles. The van der Waals surface area contributed by atoms with E-state index in [2.05, 4.69) is 19.9 Å². The second-order valence-electron chi connectivity index (χ2n) is 13.3. The molecule has 0 bridgehead atoms. The number of hydrogen-bond donors (Lipinski definition) is 2. The maximum atomic E-state index is 12.0. The Kier molecular flexibility index (Phi) is 5.20. The van der Waals surface area contributed by atoms with Crippen molar-refractivity contribution >= 4 is 12.0 Å². The van der Waals surface area contributed by atoms with Crippen LogP contribution in [0.25, 0.3) is 11.8 Å². The number of nitrogens with zero attached hydrogens (tertiary/aromatic N) is 2. The lowest BCUT2D eigenvalue weighted by atomic mass is 9.45. The molecule has 2 spiro atoms. The highest BCUT2D eigenvalue weighted by molar-refractivity contribution is 5.88. The number of benzene rings is 1. The third-order valence-electron chi connectivity index (χ3n) is 11.7. The number of carboxylic acids is 1. The molecule has 5 fully saturated rings.